The molecule has 0 saturated carbocycles. The van der Waals surface area contributed by atoms with E-state index < -0.39 is 34.9 Å². The topological polar surface area (TPSA) is 98.7 Å². The largest absolute Gasteiger partial charge is 0.421 e. The number of nitrogen functional groups attached to an aromatic ring is 1. The molecule has 4 aromatic rings. The molecule has 2 aromatic carbocycles. The number of nitrogens with one attached hydrogen (secondary N) is 1. The number of fused-ring (bicyclic) bond motifs is 1. The predicted octanol–water partition coefficient (Wildman–Crippen LogP) is 4.44. The first-order valence-corrected chi connectivity index (χ1v) is 10.3. The zero-order valence-electron chi connectivity index (χ0n) is 18.2. The Morgan fingerprint density at radius 3 is 2.59 bits per heavy atom. The summed E-state index contributed by atoms with van der Waals surface area (Å²) in [6.45, 7) is 3.38. The van der Waals surface area contributed by atoms with Gasteiger partial charge in [0, 0.05) is 18.7 Å². The van der Waals surface area contributed by atoms with Crippen molar-refractivity contribution in [3.05, 3.63) is 81.8 Å². The highest BCUT2D eigenvalue weighted by molar-refractivity contribution is 5.81. The second-order valence-electron chi connectivity index (χ2n) is 7.83. The molecule has 11 heteroatoms. The first kappa shape index (κ1) is 23.1. The minimum atomic E-state index is -4.69. The van der Waals surface area contributed by atoms with Crippen molar-refractivity contribution in [3.63, 3.8) is 0 Å². The molecule has 0 aliphatic heterocycles. The van der Waals surface area contributed by atoms with Gasteiger partial charge < -0.3 is 11.1 Å². The Morgan fingerprint density at radius 1 is 1.15 bits per heavy atom. The fourth-order valence-corrected chi connectivity index (χ4v) is 3.69. The highest BCUT2D eigenvalue weighted by Crippen LogP contribution is 2.34. The molecule has 4 rings (SSSR count). The van der Waals surface area contributed by atoms with Crippen molar-refractivity contribution in [3.8, 4) is 5.69 Å². The lowest BCUT2D eigenvalue weighted by molar-refractivity contribution is -0.137. The average molecular weight is 472 g/mol. The van der Waals surface area contributed by atoms with E-state index in [0.717, 1.165) is 0 Å². The molecular weight excluding hydrogens is 452 g/mol. The number of aryl methyl sites for hydroxylation is 1. The fraction of sp³-hybridized carbons (Fsp3) is 0.217. The van der Waals surface area contributed by atoms with Crippen molar-refractivity contribution in [2.75, 3.05) is 17.6 Å². The van der Waals surface area contributed by atoms with Crippen LogP contribution in [0.3, 0.4) is 0 Å². The van der Waals surface area contributed by atoms with Gasteiger partial charge >= 0.3 is 6.18 Å². The quantitative estimate of drug-likeness (QED) is 0.417. The molecule has 0 amide bonds. The zero-order chi connectivity index (χ0) is 24.6. The predicted molar refractivity (Wildman–Crippen MR) is 120 cm³/mol. The number of benzene rings is 2. The number of aromatic nitrogens is 4. The SMILES string of the molecule is Cc1cccc2nc([C@@H](C)CNc3nc(N)ncc3C(F)(F)F)n(-c3cccc(F)c3)c(=O)c12. The van der Waals surface area contributed by atoms with Gasteiger partial charge in [-0.15, -0.1) is 0 Å². The molecule has 0 aliphatic carbocycles. The summed E-state index contributed by atoms with van der Waals surface area (Å²) in [5.74, 6) is -1.69. The third-order valence-electron chi connectivity index (χ3n) is 5.33. The number of hydrogen-bond donors (Lipinski definition) is 2. The summed E-state index contributed by atoms with van der Waals surface area (Å²) in [7, 11) is 0. The molecule has 2 aromatic heterocycles. The summed E-state index contributed by atoms with van der Waals surface area (Å²) in [6.07, 6.45) is -4.09. The Bertz CT molecular complexity index is 1430. The maximum absolute atomic E-state index is 14.0. The van der Waals surface area contributed by atoms with Gasteiger partial charge in [-0.25, -0.2) is 14.4 Å². The van der Waals surface area contributed by atoms with Crippen molar-refractivity contribution < 1.29 is 17.6 Å². The number of anilines is 2. The molecule has 0 bridgehead atoms. The lowest BCUT2D eigenvalue weighted by Crippen LogP contribution is -2.28. The van der Waals surface area contributed by atoms with Crippen LogP contribution in [0.1, 0.15) is 29.8 Å². The summed E-state index contributed by atoms with van der Waals surface area (Å²) in [5.41, 5.74) is 5.39. The number of rotatable bonds is 5. The molecule has 2 heterocycles. The van der Waals surface area contributed by atoms with Gasteiger partial charge in [0.05, 0.1) is 16.6 Å². The smallest absolute Gasteiger partial charge is 0.369 e. The van der Waals surface area contributed by atoms with Crippen molar-refractivity contribution in [1.29, 1.82) is 0 Å². The van der Waals surface area contributed by atoms with E-state index in [9.17, 15) is 22.4 Å². The van der Waals surface area contributed by atoms with Gasteiger partial charge in [-0.05, 0) is 36.8 Å². The maximum atomic E-state index is 14.0. The summed E-state index contributed by atoms with van der Waals surface area (Å²) in [5, 5.41) is 3.02. The van der Waals surface area contributed by atoms with Crippen LogP contribution in [0.2, 0.25) is 0 Å². The minimum absolute atomic E-state index is 0.0708. The van der Waals surface area contributed by atoms with Crippen LogP contribution >= 0.6 is 0 Å². The highest BCUT2D eigenvalue weighted by atomic mass is 19.4. The number of alkyl halides is 3. The molecule has 0 radical (unpaired) electrons. The van der Waals surface area contributed by atoms with E-state index in [0.29, 0.717) is 22.7 Å². The number of nitrogens with two attached hydrogens (primary N) is 1. The van der Waals surface area contributed by atoms with E-state index in [4.69, 9.17) is 5.73 Å². The molecule has 0 saturated heterocycles. The normalized spacial score (nSPS) is 12.6. The highest BCUT2D eigenvalue weighted by Gasteiger charge is 2.35. The third-order valence-corrected chi connectivity index (χ3v) is 5.33. The first-order valence-electron chi connectivity index (χ1n) is 10.3. The Balaban J connectivity index is 1.81. The van der Waals surface area contributed by atoms with Gasteiger partial charge in [0.1, 0.15) is 23.0 Å². The summed E-state index contributed by atoms with van der Waals surface area (Å²) < 4.78 is 55.4. The molecule has 0 fully saturated rings. The summed E-state index contributed by atoms with van der Waals surface area (Å²) in [6, 6.07) is 10.7. The maximum Gasteiger partial charge on any atom is 0.421 e. The van der Waals surface area contributed by atoms with Gasteiger partial charge in [0.2, 0.25) is 5.95 Å². The van der Waals surface area contributed by atoms with E-state index in [1.54, 1.807) is 38.1 Å². The first-order chi connectivity index (χ1) is 16.1. The van der Waals surface area contributed by atoms with Crippen LogP contribution in [-0.2, 0) is 6.18 Å². The van der Waals surface area contributed by atoms with Crippen molar-refractivity contribution in [2.24, 2.45) is 0 Å². The Kier molecular flexibility index (Phi) is 5.94. The summed E-state index contributed by atoms with van der Waals surface area (Å²) >= 11 is 0. The van der Waals surface area contributed by atoms with Crippen LogP contribution in [0.15, 0.2) is 53.5 Å². The minimum Gasteiger partial charge on any atom is -0.369 e. The fourth-order valence-electron chi connectivity index (χ4n) is 3.69. The van der Waals surface area contributed by atoms with Crippen LogP contribution in [0.25, 0.3) is 16.6 Å². The Hall–Kier alpha value is -4.02. The average Bonchev–Trinajstić information content (AvgIpc) is 2.76. The van der Waals surface area contributed by atoms with E-state index in [1.807, 2.05) is 0 Å². The van der Waals surface area contributed by atoms with Gasteiger partial charge in [0.25, 0.3) is 5.56 Å². The number of nitrogens with zero attached hydrogens (tertiary/aromatic N) is 4. The van der Waals surface area contributed by atoms with Crippen molar-refractivity contribution in [2.45, 2.75) is 25.9 Å². The third kappa shape index (κ3) is 4.41. The molecule has 3 N–H and O–H groups in total. The molecule has 0 spiro atoms. The van der Waals surface area contributed by atoms with Crippen molar-refractivity contribution in [1.82, 2.24) is 19.5 Å². The van der Waals surface area contributed by atoms with E-state index in [2.05, 4.69) is 20.3 Å². The standard InChI is InChI=1S/C23H20F4N6O/c1-12-5-3-8-17-18(12)21(34)33(15-7-4-6-14(24)9-15)20(31-17)13(2)10-29-19-16(23(25,26)27)11-30-22(28)32-19/h3-9,11,13H,10H2,1-2H3,(H3,28,29,30,32)/t13-/m0/s1. The van der Waals surface area contributed by atoms with Crippen LogP contribution in [0, 0.1) is 12.7 Å². The van der Waals surface area contributed by atoms with E-state index >= 15 is 0 Å². The van der Waals surface area contributed by atoms with Crippen LogP contribution < -0.4 is 16.6 Å². The van der Waals surface area contributed by atoms with Gasteiger partial charge in [-0.3, -0.25) is 9.36 Å². The monoisotopic (exact) mass is 472 g/mol. The second-order valence-corrected chi connectivity index (χ2v) is 7.83. The molecular formula is C23H20F4N6O. The second kappa shape index (κ2) is 8.73. The number of halogens is 4. The van der Waals surface area contributed by atoms with Gasteiger partial charge in [0.15, 0.2) is 0 Å². The van der Waals surface area contributed by atoms with Gasteiger partial charge in [-0.2, -0.15) is 18.2 Å². The molecule has 34 heavy (non-hydrogen) atoms. The lowest BCUT2D eigenvalue weighted by atomic mass is 10.1. The number of hydrogen-bond acceptors (Lipinski definition) is 6. The van der Waals surface area contributed by atoms with Crippen LogP contribution in [0.4, 0.5) is 29.3 Å². The van der Waals surface area contributed by atoms with E-state index in [-0.39, 0.29) is 24.0 Å². The molecule has 0 aliphatic rings. The molecule has 7 nitrogen and oxygen atoms in total. The Morgan fingerprint density at radius 2 is 1.88 bits per heavy atom. The molecule has 176 valence electrons. The summed E-state index contributed by atoms with van der Waals surface area (Å²) in [4.78, 5) is 25.2. The lowest BCUT2D eigenvalue weighted by Gasteiger charge is -2.20. The van der Waals surface area contributed by atoms with Gasteiger partial charge in [-0.1, -0.05) is 25.1 Å². The molecule has 0 unspecified atom stereocenters. The molecule has 1 atom stereocenters. The Labute approximate surface area is 191 Å². The van der Waals surface area contributed by atoms with E-state index in [1.165, 1.54) is 22.8 Å². The van der Waals surface area contributed by atoms with Crippen LogP contribution in [0.5, 0.6) is 0 Å². The van der Waals surface area contributed by atoms with Crippen LogP contribution in [-0.4, -0.2) is 26.1 Å². The van der Waals surface area contributed by atoms with Crippen molar-refractivity contribution >= 4 is 22.7 Å². The zero-order valence-corrected chi connectivity index (χ0v) is 18.2.